The van der Waals surface area contributed by atoms with Crippen molar-refractivity contribution in [2.24, 2.45) is 5.92 Å². The Labute approximate surface area is 104 Å². The molecule has 0 saturated heterocycles. The summed E-state index contributed by atoms with van der Waals surface area (Å²) in [4.78, 5) is 22.8. The first-order chi connectivity index (χ1) is 8.50. The fourth-order valence-electron chi connectivity index (χ4n) is 2.02. The van der Waals surface area contributed by atoms with Gasteiger partial charge in [0.15, 0.2) is 11.5 Å². The van der Waals surface area contributed by atoms with Crippen LogP contribution in [0.5, 0.6) is 11.5 Å². The van der Waals surface area contributed by atoms with E-state index >= 15 is 0 Å². The Morgan fingerprint density at radius 2 is 1.78 bits per heavy atom. The van der Waals surface area contributed by atoms with E-state index in [1.807, 2.05) is 0 Å². The first kappa shape index (κ1) is 12.6. The first-order valence-electron chi connectivity index (χ1n) is 5.59. The van der Waals surface area contributed by atoms with Gasteiger partial charge in [-0.1, -0.05) is 6.07 Å². The number of ether oxygens (including phenoxy) is 2. The van der Waals surface area contributed by atoms with Crippen LogP contribution in [0.15, 0.2) is 18.2 Å². The minimum Gasteiger partial charge on any atom is -0.454 e. The van der Waals surface area contributed by atoms with Crippen molar-refractivity contribution in [3.05, 3.63) is 23.8 Å². The quantitative estimate of drug-likeness (QED) is 0.814. The number of rotatable bonds is 4. The third-order valence-electron chi connectivity index (χ3n) is 2.93. The zero-order valence-electron chi connectivity index (χ0n) is 10.2. The lowest BCUT2D eigenvalue weighted by Gasteiger charge is -2.18. The van der Waals surface area contributed by atoms with E-state index in [2.05, 4.69) is 0 Å². The van der Waals surface area contributed by atoms with Gasteiger partial charge in [0.25, 0.3) is 0 Å². The molecule has 0 saturated carbocycles. The highest BCUT2D eigenvalue weighted by Gasteiger charge is 2.30. The molecular formula is C13H14O5. The van der Waals surface area contributed by atoms with E-state index in [4.69, 9.17) is 9.47 Å². The van der Waals surface area contributed by atoms with Crippen LogP contribution in [0.25, 0.3) is 0 Å². The maximum absolute atomic E-state index is 11.4. The zero-order chi connectivity index (χ0) is 13.3. The topological polar surface area (TPSA) is 72.8 Å². The molecule has 0 bridgehead atoms. The number of fused-ring (bicyclic) bond motifs is 1. The van der Waals surface area contributed by atoms with Crippen molar-refractivity contribution in [2.45, 2.75) is 20.0 Å². The summed E-state index contributed by atoms with van der Waals surface area (Å²) in [5.74, 6) is -0.642. The van der Waals surface area contributed by atoms with Crippen LogP contribution < -0.4 is 9.47 Å². The van der Waals surface area contributed by atoms with E-state index in [9.17, 15) is 14.7 Å². The van der Waals surface area contributed by atoms with Gasteiger partial charge in [-0.25, -0.2) is 0 Å². The first-order valence-corrected chi connectivity index (χ1v) is 5.59. The van der Waals surface area contributed by atoms with Gasteiger partial charge < -0.3 is 14.6 Å². The van der Waals surface area contributed by atoms with Gasteiger partial charge in [-0.2, -0.15) is 0 Å². The lowest BCUT2D eigenvalue weighted by atomic mass is 9.89. The predicted octanol–water partition coefficient (Wildman–Crippen LogP) is 1.24. The molecule has 0 fully saturated rings. The molecule has 1 unspecified atom stereocenters. The number of ketones is 2. The SMILES string of the molecule is CC(=O)C(C(C)=O)C(O)c1ccc2c(c1)OCO2. The minimum absolute atomic E-state index is 0.137. The molecule has 0 spiro atoms. The summed E-state index contributed by atoms with van der Waals surface area (Å²) in [6.07, 6.45) is -1.16. The third-order valence-corrected chi connectivity index (χ3v) is 2.93. The van der Waals surface area contributed by atoms with E-state index in [-0.39, 0.29) is 18.4 Å². The number of aliphatic hydroxyl groups is 1. The van der Waals surface area contributed by atoms with E-state index in [1.165, 1.54) is 13.8 Å². The number of hydrogen-bond acceptors (Lipinski definition) is 5. The van der Waals surface area contributed by atoms with Crippen molar-refractivity contribution in [3.8, 4) is 11.5 Å². The van der Waals surface area contributed by atoms with E-state index < -0.39 is 12.0 Å². The molecule has 96 valence electrons. The van der Waals surface area contributed by atoms with Gasteiger partial charge in [0, 0.05) is 0 Å². The second-order valence-corrected chi connectivity index (χ2v) is 4.26. The number of carbonyl (C=O) groups excluding carboxylic acids is 2. The highest BCUT2D eigenvalue weighted by molar-refractivity contribution is 6.00. The molecule has 1 N–H and O–H groups in total. The monoisotopic (exact) mass is 250 g/mol. The van der Waals surface area contributed by atoms with Gasteiger partial charge >= 0.3 is 0 Å². The summed E-state index contributed by atoms with van der Waals surface area (Å²) < 4.78 is 10.3. The van der Waals surface area contributed by atoms with Crippen LogP contribution in [-0.2, 0) is 9.59 Å². The van der Waals surface area contributed by atoms with Crippen molar-refractivity contribution >= 4 is 11.6 Å². The number of benzene rings is 1. The molecule has 0 aliphatic carbocycles. The summed E-state index contributed by atoms with van der Waals surface area (Å²) in [5.41, 5.74) is 0.467. The minimum atomic E-state index is -1.16. The van der Waals surface area contributed by atoms with Crippen molar-refractivity contribution in [1.29, 1.82) is 0 Å². The van der Waals surface area contributed by atoms with Crippen molar-refractivity contribution in [3.63, 3.8) is 0 Å². The van der Waals surface area contributed by atoms with Crippen LogP contribution in [0.2, 0.25) is 0 Å². The van der Waals surface area contributed by atoms with Crippen LogP contribution in [-0.4, -0.2) is 23.5 Å². The Balaban J connectivity index is 2.30. The Morgan fingerprint density at radius 3 is 2.39 bits per heavy atom. The maximum atomic E-state index is 11.4. The molecule has 1 aromatic rings. The fourth-order valence-corrected chi connectivity index (χ4v) is 2.02. The van der Waals surface area contributed by atoms with Gasteiger partial charge in [-0.15, -0.1) is 0 Å². The van der Waals surface area contributed by atoms with Crippen LogP contribution in [0.4, 0.5) is 0 Å². The second-order valence-electron chi connectivity index (χ2n) is 4.26. The van der Waals surface area contributed by atoms with Crippen LogP contribution in [0, 0.1) is 5.92 Å². The lowest BCUT2D eigenvalue weighted by molar-refractivity contribution is -0.135. The van der Waals surface area contributed by atoms with E-state index in [0.29, 0.717) is 17.1 Å². The Hall–Kier alpha value is -1.88. The Kier molecular flexibility index (Phi) is 3.34. The van der Waals surface area contributed by atoms with Crippen molar-refractivity contribution in [1.82, 2.24) is 0 Å². The largest absolute Gasteiger partial charge is 0.454 e. The summed E-state index contributed by atoms with van der Waals surface area (Å²) >= 11 is 0. The average molecular weight is 250 g/mol. The molecule has 18 heavy (non-hydrogen) atoms. The molecular weight excluding hydrogens is 236 g/mol. The predicted molar refractivity (Wildman–Crippen MR) is 62.4 cm³/mol. The lowest BCUT2D eigenvalue weighted by Crippen LogP contribution is -2.26. The number of Topliss-reactive ketones (excluding diaryl/α,β-unsaturated/α-hetero) is 2. The molecule has 1 heterocycles. The molecule has 5 heteroatoms. The average Bonchev–Trinajstić information content (AvgIpc) is 2.74. The smallest absolute Gasteiger partial charge is 0.231 e. The van der Waals surface area contributed by atoms with Gasteiger partial charge in [-0.3, -0.25) is 9.59 Å². The maximum Gasteiger partial charge on any atom is 0.231 e. The molecule has 0 amide bonds. The fraction of sp³-hybridized carbons (Fsp3) is 0.385. The van der Waals surface area contributed by atoms with Crippen molar-refractivity contribution in [2.75, 3.05) is 6.79 Å². The molecule has 1 atom stereocenters. The Bertz CT molecular complexity index is 480. The number of hydrogen-bond donors (Lipinski definition) is 1. The third kappa shape index (κ3) is 2.22. The van der Waals surface area contributed by atoms with Gasteiger partial charge in [-0.05, 0) is 31.5 Å². The highest BCUT2D eigenvalue weighted by atomic mass is 16.7. The zero-order valence-corrected chi connectivity index (χ0v) is 10.2. The van der Waals surface area contributed by atoms with Gasteiger partial charge in [0.05, 0.1) is 6.10 Å². The molecule has 1 aliphatic rings. The van der Waals surface area contributed by atoms with E-state index in [0.717, 1.165) is 0 Å². The van der Waals surface area contributed by atoms with Gasteiger partial charge in [0.2, 0.25) is 6.79 Å². The molecule has 5 nitrogen and oxygen atoms in total. The van der Waals surface area contributed by atoms with Crippen molar-refractivity contribution < 1.29 is 24.2 Å². The van der Waals surface area contributed by atoms with Crippen LogP contribution >= 0.6 is 0 Å². The Morgan fingerprint density at radius 1 is 1.17 bits per heavy atom. The van der Waals surface area contributed by atoms with Crippen LogP contribution in [0.3, 0.4) is 0 Å². The van der Waals surface area contributed by atoms with E-state index in [1.54, 1.807) is 18.2 Å². The molecule has 1 aromatic carbocycles. The summed E-state index contributed by atoms with van der Waals surface area (Å²) in [7, 11) is 0. The molecule has 2 rings (SSSR count). The second kappa shape index (κ2) is 4.78. The highest BCUT2D eigenvalue weighted by Crippen LogP contribution is 2.35. The summed E-state index contributed by atoms with van der Waals surface area (Å²) in [5, 5.41) is 10.1. The molecule has 1 aliphatic heterocycles. The number of carbonyl (C=O) groups is 2. The summed E-state index contributed by atoms with van der Waals surface area (Å²) in [6.45, 7) is 2.72. The molecule has 0 aromatic heterocycles. The standard InChI is InChI=1S/C13H14O5/c1-7(14)12(8(2)15)13(16)9-3-4-10-11(5-9)18-6-17-10/h3-5,12-13,16H,6H2,1-2H3. The number of aliphatic hydroxyl groups excluding tert-OH is 1. The van der Waals surface area contributed by atoms with Gasteiger partial charge in [0.1, 0.15) is 17.5 Å². The summed E-state index contributed by atoms with van der Waals surface area (Å²) in [6, 6.07) is 4.86. The normalized spacial score (nSPS) is 14.7. The molecule has 0 radical (unpaired) electrons. The van der Waals surface area contributed by atoms with Crippen LogP contribution in [0.1, 0.15) is 25.5 Å².